The van der Waals surface area contributed by atoms with Gasteiger partial charge in [-0.05, 0) is 59.7 Å². The maximum atomic E-state index is 14.0. The van der Waals surface area contributed by atoms with E-state index in [0.29, 0.717) is 24.2 Å². The Labute approximate surface area is 205 Å². The SMILES string of the molecule is Cn1cnnc1[C@@H]1C[C@@H]1c1cccc(N2Cc3c(cc(CN4CC[C@H](F)C4)cc3C(F)(F)F)C2=O)c1. The summed E-state index contributed by atoms with van der Waals surface area (Å²) in [4.78, 5) is 16.6. The number of carbonyl (C=O) groups excluding carboxylic acids is 1. The van der Waals surface area contributed by atoms with E-state index in [1.54, 1.807) is 23.4 Å². The predicted octanol–water partition coefficient (Wildman–Crippen LogP) is 4.81. The van der Waals surface area contributed by atoms with Gasteiger partial charge >= 0.3 is 6.18 Å². The van der Waals surface area contributed by atoms with Crippen LogP contribution in [0.4, 0.5) is 23.2 Å². The Morgan fingerprint density at radius 1 is 1.14 bits per heavy atom. The van der Waals surface area contributed by atoms with E-state index in [1.165, 1.54) is 4.90 Å². The molecule has 3 heterocycles. The molecule has 6 rings (SSSR count). The first kappa shape index (κ1) is 23.1. The van der Waals surface area contributed by atoms with Crippen LogP contribution in [0.15, 0.2) is 42.7 Å². The van der Waals surface area contributed by atoms with Crippen molar-refractivity contribution >= 4 is 11.6 Å². The summed E-state index contributed by atoms with van der Waals surface area (Å²) in [6, 6.07) is 10.1. The summed E-state index contributed by atoms with van der Waals surface area (Å²) in [6.45, 7) is 0.732. The third-order valence-corrected chi connectivity index (χ3v) is 7.51. The van der Waals surface area contributed by atoms with Crippen molar-refractivity contribution in [3.63, 3.8) is 0 Å². The second-order valence-corrected chi connectivity index (χ2v) is 10.0. The molecule has 2 aromatic carbocycles. The first-order valence-corrected chi connectivity index (χ1v) is 12.0. The van der Waals surface area contributed by atoms with Crippen LogP contribution in [0.5, 0.6) is 0 Å². The van der Waals surface area contributed by atoms with E-state index in [0.717, 1.165) is 23.9 Å². The summed E-state index contributed by atoms with van der Waals surface area (Å²) in [5.41, 5.74) is 1.26. The van der Waals surface area contributed by atoms with Crippen molar-refractivity contribution in [2.75, 3.05) is 18.0 Å². The van der Waals surface area contributed by atoms with Crippen molar-refractivity contribution in [1.82, 2.24) is 19.7 Å². The van der Waals surface area contributed by atoms with E-state index in [4.69, 9.17) is 0 Å². The lowest BCUT2D eigenvalue weighted by atomic mass is 9.98. The molecule has 0 unspecified atom stereocenters. The maximum absolute atomic E-state index is 14.0. The molecule has 10 heteroatoms. The lowest BCUT2D eigenvalue weighted by Crippen LogP contribution is -2.23. The number of carbonyl (C=O) groups is 1. The van der Waals surface area contributed by atoms with Crippen molar-refractivity contribution in [1.29, 1.82) is 0 Å². The highest BCUT2D eigenvalue weighted by atomic mass is 19.4. The molecule has 1 aromatic heterocycles. The van der Waals surface area contributed by atoms with Crippen molar-refractivity contribution < 1.29 is 22.4 Å². The number of nitrogens with zero attached hydrogens (tertiary/aromatic N) is 5. The largest absolute Gasteiger partial charge is 0.416 e. The number of likely N-dealkylation sites (tertiary alicyclic amines) is 1. The van der Waals surface area contributed by atoms with Crippen LogP contribution in [0, 0.1) is 0 Å². The number of hydrogen-bond acceptors (Lipinski definition) is 4. The fourth-order valence-electron chi connectivity index (χ4n) is 5.61. The van der Waals surface area contributed by atoms with Gasteiger partial charge in [0.05, 0.1) is 12.1 Å². The van der Waals surface area contributed by atoms with E-state index in [9.17, 15) is 22.4 Å². The Morgan fingerprint density at radius 3 is 2.67 bits per heavy atom. The second kappa shape index (κ2) is 8.40. The molecular weight excluding hydrogens is 474 g/mol. The zero-order valence-corrected chi connectivity index (χ0v) is 19.7. The minimum atomic E-state index is -4.59. The van der Waals surface area contributed by atoms with Gasteiger partial charge < -0.3 is 9.47 Å². The third kappa shape index (κ3) is 4.07. The topological polar surface area (TPSA) is 54.3 Å². The molecule has 1 aliphatic carbocycles. The number of aryl methyl sites for hydroxylation is 1. The smallest absolute Gasteiger partial charge is 0.320 e. The molecule has 188 valence electrons. The van der Waals surface area contributed by atoms with Gasteiger partial charge in [-0.25, -0.2) is 4.39 Å². The fourth-order valence-corrected chi connectivity index (χ4v) is 5.61. The molecule has 1 saturated heterocycles. The van der Waals surface area contributed by atoms with Gasteiger partial charge in [-0.2, -0.15) is 13.2 Å². The van der Waals surface area contributed by atoms with Gasteiger partial charge in [0.2, 0.25) is 0 Å². The van der Waals surface area contributed by atoms with Crippen molar-refractivity contribution in [2.24, 2.45) is 7.05 Å². The number of fused-ring (bicyclic) bond motifs is 1. The highest BCUT2D eigenvalue weighted by Gasteiger charge is 2.44. The van der Waals surface area contributed by atoms with E-state index in [-0.39, 0.29) is 42.6 Å². The molecular formula is C26H25F4N5O. The number of alkyl halides is 4. The number of halogens is 4. The van der Waals surface area contributed by atoms with E-state index in [2.05, 4.69) is 10.2 Å². The number of anilines is 1. The first-order valence-electron chi connectivity index (χ1n) is 12.0. The molecule has 0 N–H and O–H groups in total. The summed E-state index contributed by atoms with van der Waals surface area (Å²) in [5, 5.41) is 8.13. The number of benzene rings is 2. The molecule has 36 heavy (non-hydrogen) atoms. The Balaban J connectivity index is 1.28. The summed E-state index contributed by atoms with van der Waals surface area (Å²) >= 11 is 0. The van der Waals surface area contributed by atoms with Gasteiger partial charge in [-0.1, -0.05) is 12.1 Å². The quantitative estimate of drug-likeness (QED) is 0.473. The Morgan fingerprint density at radius 2 is 1.97 bits per heavy atom. The van der Waals surface area contributed by atoms with Gasteiger partial charge in [-0.3, -0.25) is 9.69 Å². The van der Waals surface area contributed by atoms with Crippen LogP contribution in [0.3, 0.4) is 0 Å². The highest BCUT2D eigenvalue weighted by Crippen LogP contribution is 2.54. The van der Waals surface area contributed by atoms with Gasteiger partial charge in [0.1, 0.15) is 18.3 Å². The van der Waals surface area contributed by atoms with Crippen LogP contribution in [0.1, 0.15) is 63.1 Å². The molecule has 2 aliphatic heterocycles. The molecule has 3 aromatic rings. The lowest BCUT2D eigenvalue weighted by molar-refractivity contribution is -0.138. The molecule has 2 fully saturated rings. The number of rotatable bonds is 5. The average molecular weight is 500 g/mol. The minimum Gasteiger partial charge on any atom is -0.320 e. The van der Waals surface area contributed by atoms with Gasteiger partial charge in [0.15, 0.2) is 0 Å². The molecule has 1 saturated carbocycles. The summed E-state index contributed by atoms with van der Waals surface area (Å²) in [5.74, 6) is 0.910. The molecule has 3 aliphatic rings. The molecule has 1 amide bonds. The van der Waals surface area contributed by atoms with Crippen molar-refractivity contribution in [2.45, 2.75) is 50.1 Å². The highest BCUT2D eigenvalue weighted by molar-refractivity contribution is 6.10. The number of aromatic nitrogens is 3. The Hall–Kier alpha value is -3.27. The number of amides is 1. The molecule has 0 radical (unpaired) electrons. The summed E-state index contributed by atoms with van der Waals surface area (Å²) < 4.78 is 57.6. The first-order chi connectivity index (χ1) is 17.2. The minimum absolute atomic E-state index is 0.00479. The summed E-state index contributed by atoms with van der Waals surface area (Å²) in [6.07, 6.45) is -2.62. The molecule has 3 atom stereocenters. The van der Waals surface area contributed by atoms with E-state index >= 15 is 0 Å². The number of hydrogen-bond donors (Lipinski definition) is 0. The predicted molar refractivity (Wildman–Crippen MR) is 124 cm³/mol. The fraction of sp³-hybridized carbons (Fsp3) is 0.423. The van der Waals surface area contributed by atoms with Crippen LogP contribution in [-0.2, 0) is 26.3 Å². The maximum Gasteiger partial charge on any atom is 0.416 e. The second-order valence-electron chi connectivity index (χ2n) is 10.0. The van der Waals surface area contributed by atoms with Crippen molar-refractivity contribution in [3.8, 4) is 0 Å². The zero-order valence-electron chi connectivity index (χ0n) is 19.7. The van der Waals surface area contributed by atoms with Gasteiger partial charge in [0.25, 0.3) is 5.91 Å². The van der Waals surface area contributed by atoms with Gasteiger partial charge in [-0.15, -0.1) is 10.2 Å². The standard InChI is InChI=1S/C26H25F4N5O/c1-33-14-31-32-24(33)20-10-19(20)16-3-2-4-18(9-16)35-13-22-21(25(35)36)7-15(8-23(22)26(28,29)30)11-34-6-5-17(27)12-34/h2-4,7-9,14,17,19-20H,5-6,10-13H2,1H3/t17-,19+,20+/m0/s1. The van der Waals surface area contributed by atoms with E-state index in [1.807, 2.05) is 29.8 Å². The van der Waals surface area contributed by atoms with Crippen LogP contribution in [-0.4, -0.2) is 44.8 Å². The third-order valence-electron chi connectivity index (χ3n) is 7.51. The molecule has 0 bridgehead atoms. The van der Waals surface area contributed by atoms with Crippen LogP contribution >= 0.6 is 0 Å². The van der Waals surface area contributed by atoms with Crippen molar-refractivity contribution in [3.05, 3.63) is 76.4 Å². The average Bonchev–Trinajstić information content (AvgIpc) is 3.14. The molecule has 0 spiro atoms. The Bertz CT molecular complexity index is 1340. The van der Waals surface area contributed by atoms with Crippen LogP contribution in [0.25, 0.3) is 0 Å². The van der Waals surface area contributed by atoms with E-state index < -0.39 is 23.8 Å². The van der Waals surface area contributed by atoms with Crippen LogP contribution in [0.2, 0.25) is 0 Å². The monoisotopic (exact) mass is 499 g/mol. The zero-order chi connectivity index (χ0) is 25.2. The van der Waals surface area contributed by atoms with Gasteiger partial charge in [0, 0.05) is 43.9 Å². The van der Waals surface area contributed by atoms with Crippen LogP contribution < -0.4 is 4.90 Å². The normalized spacial score (nSPS) is 24.0. The lowest BCUT2D eigenvalue weighted by Gasteiger charge is -2.18. The Kier molecular flexibility index (Phi) is 5.40. The summed E-state index contributed by atoms with van der Waals surface area (Å²) in [7, 11) is 1.90. The molecule has 6 nitrogen and oxygen atoms in total.